The van der Waals surface area contributed by atoms with Gasteiger partial charge in [-0.1, -0.05) is 6.92 Å². The smallest absolute Gasteiger partial charge is 0.330 e. The number of nitrogens with zero attached hydrogens (tertiary/aromatic N) is 1. The van der Waals surface area contributed by atoms with E-state index in [-0.39, 0.29) is 12.5 Å². The van der Waals surface area contributed by atoms with Gasteiger partial charge >= 0.3 is 5.69 Å². The molecule has 10 heteroatoms. The summed E-state index contributed by atoms with van der Waals surface area (Å²) < 4.78 is 11.9. The zero-order valence-corrected chi connectivity index (χ0v) is 13.8. The number of aromatic amines is 1. The van der Waals surface area contributed by atoms with Crippen LogP contribution in [0.1, 0.15) is 26.0 Å². The molecule has 0 aromatic carbocycles. The standard InChI is InChI=1S/C15H24N2O8/c1-8(14(21)22)3-2-6-24-7-9-11(19)12(20)13(25-9)17-5-4-10(18)16-15(17)23/h4-5,8-9,11-14,19-22H,2-3,6-7H2,1H3,(H,16,18,23)/t8?,9-,11-,12-,13-/m1/s1. The lowest BCUT2D eigenvalue weighted by molar-refractivity contribution is -0.0849. The molecule has 0 spiro atoms. The van der Waals surface area contributed by atoms with Crippen LogP contribution in [0, 0.1) is 5.92 Å². The van der Waals surface area contributed by atoms with Gasteiger partial charge in [0.2, 0.25) is 0 Å². The summed E-state index contributed by atoms with van der Waals surface area (Å²) in [5.41, 5.74) is -1.32. The Morgan fingerprint density at radius 1 is 1.32 bits per heavy atom. The minimum Gasteiger partial charge on any atom is -0.387 e. The van der Waals surface area contributed by atoms with Crippen molar-refractivity contribution in [2.45, 2.75) is 50.6 Å². The molecule has 1 saturated heterocycles. The highest BCUT2D eigenvalue weighted by Crippen LogP contribution is 2.28. The molecule has 10 nitrogen and oxygen atoms in total. The first-order valence-corrected chi connectivity index (χ1v) is 8.08. The molecule has 5 N–H and O–H groups in total. The number of aromatic nitrogens is 2. The van der Waals surface area contributed by atoms with E-state index in [4.69, 9.17) is 19.7 Å². The molecule has 1 aromatic rings. The van der Waals surface area contributed by atoms with Gasteiger partial charge in [-0.05, 0) is 12.8 Å². The van der Waals surface area contributed by atoms with Crippen molar-refractivity contribution in [1.82, 2.24) is 9.55 Å². The predicted molar refractivity (Wildman–Crippen MR) is 84.7 cm³/mol. The fourth-order valence-corrected chi connectivity index (χ4v) is 2.58. The second kappa shape index (κ2) is 8.70. The van der Waals surface area contributed by atoms with Gasteiger partial charge in [0.1, 0.15) is 18.3 Å². The number of aliphatic hydroxyl groups excluding tert-OH is 3. The molecular weight excluding hydrogens is 336 g/mol. The zero-order valence-electron chi connectivity index (χ0n) is 13.8. The Hall–Kier alpha value is -1.56. The van der Waals surface area contributed by atoms with E-state index < -0.39 is 42.1 Å². The third kappa shape index (κ3) is 4.97. The molecule has 142 valence electrons. The summed E-state index contributed by atoms with van der Waals surface area (Å²) >= 11 is 0. The fraction of sp³-hybridized carbons (Fsp3) is 0.733. The highest BCUT2D eigenvalue weighted by atomic mass is 16.6. The van der Waals surface area contributed by atoms with E-state index in [0.29, 0.717) is 19.4 Å². The maximum absolute atomic E-state index is 11.8. The quantitative estimate of drug-likeness (QED) is 0.261. The van der Waals surface area contributed by atoms with E-state index in [1.165, 1.54) is 6.20 Å². The minimum atomic E-state index is -1.37. The van der Waals surface area contributed by atoms with E-state index in [0.717, 1.165) is 10.6 Å². The maximum Gasteiger partial charge on any atom is 0.330 e. The molecule has 25 heavy (non-hydrogen) atoms. The summed E-state index contributed by atoms with van der Waals surface area (Å²) in [4.78, 5) is 24.9. The lowest BCUT2D eigenvalue weighted by atomic mass is 10.1. The minimum absolute atomic E-state index is 0.00287. The summed E-state index contributed by atoms with van der Waals surface area (Å²) in [7, 11) is 0. The number of nitrogens with one attached hydrogen (secondary N) is 1. The van der Waals surface area contributed by atoms with Gasteiger partial charge in [-0.2, -0.15) is 0 Å². The third-order valence-corrected chi connectivity index (χ3v) is 4.20. The van der Waals surface area contributed by atoms with Gasteiger partial charge in [0.25, 0.3) is 5.56 Å². The van der Waals surface area contributed by atoms with Crippen LogP contribution in [0.25, 0.3) is 0 Å². The Bertz CT molecular complexity index is 657. The van der Waals surface area contributed by atoms with Crippen molar-refractivity contribution in [2.75, 3.05) is 13.2 Å². The largest absolute Gasteiger partial charge is 0.387 e. The van der Waals surface area contributed by atoms with Gasteiger partial charge < -0.3 is 29.9 Å². The molecule has 1 fully saturated rings. The van der Waals surface area contributed by atoms with Crippen LogP contribution in [0.2, 0.25) is 0 Å². The van der Waals surface area contributed by atoms with Gasteiger partial charge in [-0.25, -0.2) is 4.79 Å². The van der Waals surface area contributed by atoms with Crippen LogP contribution in [0.15, 0.2) is 21.9 Å². The number of hydrogen-bond acceptors (Lipinski definition) is 8. The number of hydrogen-bond donors (Lipinski definition) is 5. The average molecular weight is 360 g/mol. The third-order valence-electron chi connectivity index (χ3n) is 4.20. The first-order valence-electron chi connectivity index (χ1n) is 8.08. The molecule has 0 bridgehead atoms. The van der Waals surface area contributed by atoms with Crippen molar-refractivity contribution in [3.8, 4) is 0 Å². The normalized spacial score (nSPS) is 27.8. The van der Waals surface area contributed by atoms with Crippen LogP contribution in [-0.2, 0) is 9.47 Å². The predicted octanol–water partition coefficient (Wildman–Crippen LogP) is -2.10. The Morgan fingerprint density at radius 2 is 2.04 bits per heavy atom. The zero-order chi connectivity index (χ0) is 18.6. The van der Waals surface area contributed by atoms with Crippen LogP contribution in [-0.4, -0.2) is 67.8 Å². The lowest BCUT2D eigenvalue weighted by Crippen LogP contribution is -2.37. The summed E-state index contributed by atoms with van der Waals surface area (Å²) in [6.45, 7) is 2.03. The van der Waals surface area contributed by atoms with E-state index >= 15 is 0 Å². The van der Waals surface area contributed by atoms with Crippen LogP contribution in [0.5, 0.6) is 0 Å². The van der Waals surface area contributed by atoms with Crippen molar-refractivity contribution in [3.63, 3.8) is 0 Å². The molecule has 0 saturated carbocycles. The number of H-pyrrole nitrogens is 1. The Kier molecular flexibility index (Phi) is 6.87. The maximum atomic E-state index is 11.8. The van der Waals surface area contributed by atoms with Crippen molar-refractivity contribution in [2.24, 2.45) is 5.92 Å². The van der Waals surface area contributed by atoms with Gasteiger partial charge in [-0.3, -0.25) is 14.3 Å². The van der Waals surface area contributed by atoms with Crippen LogP contribution < -0.4 is 11.2 Å². The van der Waals surface area contributed by atoms with E-state index in [9.17, 15) is 19.8 Å². The highest BCUT2D eigenvalue weighted by Gasteiger charge is 2.44. The first-order chi connectivity index (χ1) is 11.8. The molecule has 5 atom stereocenters. The fourth-order valence-electron chi connectivity index (χ4n) is 2.58. The Balaban J connectivity index is 1.85. The topological polar surface area (TPSA) is 154 Å². The molecule has 1 unspecified atom stereocenters. The van der Waals surface area contributed by atoms with Gasteiger partial charge in [0, 0.05) is 24.8 Å². The summed E-state index contributed by atoms with van der Waals surface area (Å²) in [5, 5.41) is 38.1. The SMILES string of the molecule is CC(CCCOC[C@H]1O[C@@H](n2ccc(=O)[nH]c2=O)[C@H](O)[C@@H]1O)C(O)O. The molecule has 1 aliphatic heterocycles. The van der Waals surface area contributed by atoms with Crippen LogP contribution in [0.4, 0.5) is 0 Å². The molecule has 2 rings (SSSR count). The monoisotopic (exact) mass is 360 g/mol. The van der Waals surface area contributed by atoms with Crippen molar-refractivity contribution in [1.29, 1.82) is 0 Å². The van der Waals surface area contributed by atoms with Crippen molar-refractivity contribution in [3.05, 3.63) is 33.1 Å². The average Bonchev–Trinajstić information content (AvgIpc) is 2.82. The lowest BCUT2D eigenvalue weighted by Gasteiger charge is -2.17. The van der Waals surface area contributed by atoms with Crippen LogP contribution >= 0.6 is 0 Å². The summed E-state index contributed by atoms with van der Waals surface area (Å²) in [6.07, 6.45) is -3.59. The molecule has 0 aliphatic carbocycles. The molecule has 0 amide bonds. The molecular formula is C15H24N2O8. The second-order valence-electron chi connectivity index (χ2n) is 6.17. The molecule has 1 aliphatic rings. The van der Waals surface area contributed by atoms with E-state index in [1.54, 1.807) is 6.92 Å². The molecule has 2 heterocycles. The summed E-state index contributed by atoms with van der Waals surface area (Å²) in [6, 6.07) is 1.12. The van der Waals surface area contributed by atoms with Crippen molar-refractivity contribution < 1.29 is 29.9 Å². The Morgan fingerprint density at radius 3 is 2.68 bits per heavy atom. The van der Waals surface area contributed by atoms with E-state index in [1.807, 2.05) is 0 Å². The number of ether oxygens (including phenoxy) is 2. The van der Waals surface area contributed by atoms with Gasteiger partial charge in [-0.15, -0.1) is 0 Å². The molecule has 0 radical (unpaired) electrons. The van der Waals surface area contributed by atoms with Gasteiger partial charge in [0.05, 0.1) is 6.61 Å². The number of aliphatic hydroxyl groups is 4. The van der Waals surface area contributed by atoms with E-state index in [2.05, 4.69) is 4.98 Å². The van der Waals surface area contributed by atoms with Crippen LogP contribution in [0.3, 0.4) is 0 Å². The Labute approximate surface area is 143 Å². The highest BCUT2D eigenvalue weighted by molar-refractivity contribution is 4.93. The molecule has 1 aromatic heterocycles. The number of rotatable bonds is 8. The first kappa shape index (κ1) is 19.8. The second-order valence-corrected chi connectivity index (χ2v) is 6.17. The summed E-state index contributed by atoms with van der Waals surface area (Å²) in [5.74, 6) is -0.268. The van der Waals surface area contributed by atoms with Gasteiger partial charge in [0.15, 0.2) is 12.5 Å². The van der Waals surface area contributed by atoms with Crippen molar-refractivity contribution >= 4 is 0 Å².